The van der Waals surface area contributed by atoms with Gasteiger partial charge in [0.1, 0.15) is 0 Å². The van der Waals surface area contributed by atoms with E-state index in [-0.39, 0.29) is 0 Å². The molecule has 0 amide bonds. The Hall–Kier alpha value is -0.450. The van der Waals surface area contributed by atoms with Crippen LogP contribution in [0.15, 0.2) is 6.20 Å². The lowest BCUT2D eigenvalue weighted by atomic mass is 10.1. The maximum absolute atomic E-state index is 4.28. The summed E-state index contributed by atoms with van der Waals surface area (Å²) in [5, 5.41) is 4.71. The Bertz CT molecular complexity index is 345. The Morgan fingerprint density at radius 2 is 2.17 bits per heavy atom. The summed E-state index contributed by atoms with van der Waals surface area (Å²) in [7, 11) is 0. The molecule has 0 bridgehead atoms. The third-order valence-electron chi connectivity index (χ3n) is 3.48. The molecule has 1 aromatic heterocycles. The second kappa shape index (κ2) is 7.22. The SMILES string of the molecule is Cc1ncc(CNCC(C)CN2CCCCC2)s1. The average molecular weight is 267 g/mol. The van der Waals surface area contributed by atoms with Crippen LogP contribution in [0.1, 0.15) is 36.1 Å². The van der Waals surface area contributed by atoms with Crippen LogP contribution in [0.3, 0.4) is 0 Å². The van der Waals surface area contributed by atoms with Gasteiger partial charge in [-0.3, -0.25) is 0 Å². The normalized spacial score (nSPS) is 19.0. The molecule has 1 saturated heterocycles. The zero-order valence-electron chi connectivity index (χ0n) is 11.6. The molecular formula is C14H25N3S. The fourth-order valence-corrected chi connectivity index (χ4v) is 3.34. The summed E-state index contributed by atoms with van der Waals surface area (Å²) in [4.78, 5) is 8.24. The molecule has 0 spiro atoms. The quantitative estimate of drug-likeness (QED) is 0.859. The Balaban J connectivity index is 1.60. The van der Waals surface area contributed by atoms with Crippen molar-refractivity contribution in [2.24, 2.45) is 5.92 Å². The molecule has 1 aliphatic rings. The lowest BCUT2D eigenvalue weighted by Gasteiger charge is -2.29. The first-order valence-electron chi connectivity index (χ1n) is 7.08. The standard InChI is InChI=1S/C14H25N3S/c1-12(11-17-6-4-3-5-7-17)8-15-9-14-10-16-13(2)18-14/h10,12,15H,3-9,11H2,1-2H3. The van der Waals surface area contributed by atoms with Crippen molar-refractivity contribution >= 4 is 11.3 Å². The van der Waals surface area contributed by atoms with Crippen LogP contribution in [-0.4, -0.2) is 36.1 Å². The van der Waals surface area contributed by atoms with Gasteiger partial charge in [-0.05, 0) is 45.3 Å². The van der Waals surface area contributed by atoms with E-state index in [9.17, 15) is 0 Å². The molecule has 18 heavy (non-hydrogen) atoms. The molecule has 2 heterocycles. The van der Waals surface area contributed by atoms with Crippen molar-refractivity contribution in [1.82, 2.24) is 15.2 Å². The molecule has 3 nitrogen and oxygen atoms in total. The molecule has 0 saturated carbocycles. The summed E-state index contributed by atoms with van der Waals surface area (Å²) in [6, 6.07) is 0. The molecule has 0 aromatic carbocycles. The van der Waals surface area contributed by atoms with Gasteiger partial charge < -0.3 is 10.2 Å². The highest BCUT2D eigenvalue weighted by atomic mass is 32.1. The number of nitrogens with zero attached hydrogens (tertiary/aromatic N) is 2. The van der Waals surface area contributed by atoms with Crippen molar-refractivity contribution < 1.29 is 0 Å². The Morgan fingerprint density at radius 3 is 2.83 bits per heavy atom. The van der Waals surface area contributed by atoms with E-state index >= 15 is 0 Å². The molecule has 4 heteroatoms. The second-order valence-corrected chi connectivity index (χ2v) is 6.76. The largest absolute Gasteiger partial charge is 0.311 e. The number of nitrogens with one attached hydrogen (secondary N) is 1. The zero-order chi connectivity index (χ0) is 12.8. The molecule has 1 atom stereocenters. The summed E-state index contributed by atoms with van der Waals surface area (Å²) < 4.78 is 0. The van der Waals surface area contributed by atoms with E-state index < -0.39 is 0 Å². The zero-order valence-corrected chi connectivity index (χ0v) is 12.4. The van der Waals surface area contributed by atoms with Crippen molar-refractivity contribution in [2.75, 3.05) is 26.2 Å². The van der Waals surface area contributed by atoms with Gasteiger partial charge >= 0.3 is 0 Å². The van der Waals surface area contributed by atoms with Crippen molar-refractivity contribution in [1.29, 1.82) is 0 Å². The summed E-state index contributed by atoms with van der Waals surface area (Å²) in [6.07, 6.45) is 6.19. The first kappa shape index (κ1) is 14.0. The second-order valence-electron chi connectivity index (χ2n) is 5.44. The van der Waals surface area contributed by atoms with E-state index in [1.165, 1.54) is 43.8 Å². The molecule has 0 radical (unpaired) electrons. The van der Waals surface area contributed by atoms with E-state index in [4.69, 9.17) is 0 Å². The van der Waals surface area contributed by atoms with Crippen molar-refractivity contribution in [3.8, 4) is 0 Å². The fraction of sp³-hybridized carbons (Fsp3) is 0.786. The minimum atomic E-state index is 0.733. The average Bonchev–Trinajstić information content (AvgIpc) is 2.76. The van der Waals surface area contributed by atoms with Gasteiger partial charge in [0.05, 0.1) is 5.01 Å². The number of thiazole rings is 1. The molecule has 0 aliphatic carbocycles. The number of hydrogen-bond acceptors (Lipinski definition) is 4. The minimum Gasteiger partial charge on any atom is -0.311 e. The maximum atomic E-state index is 4.28. The Kier molecular flexibility index (Phi) is 5.60. The van der Waals surface area contributed by atoms with E-state index in [2.05, 4.69) is 29.0 Å². The van der Waals surface area contributed by atoms with Gasteiger partial charge in [-0.2, -0.15) is 0 Å². The minimum absolute atomic E-state index is 0.733. The number of piperidine rings is 1. The van der Waals surface area contributed by atoms with Crippen LogP contribution < -0.4 is 5.32 Å². The van der Waals surface area contributed by atoms with E-state index in [1.54, 1.807) is 11.3 Å². The van der Waals surface area contributed by atoms with Gasteiger partial charge in [0.2, 0.25) is 0 Å². The molecule has 1 unspecified atom stereocenters. The van der Waals surface area contributed by atoms with Crippen LogP contribution >= 0.6 is 11.3 Å². The highest BCUT2D eigenvalue weighted by Crippen LogP contribution is 2.12. The molecule has 1 aliphatic heterocycles. The van der Waals surface area contributed by atoms with Gasteiger partial charge in [0.25, 0.3) is 0 Å². The number of likely N-dealkylation sites (tertiary alicyclic amines) is 1. The van der Waals surface area contributed by atoms with Crippen molar-refractivity contribution in [3.63, 3.8) is 0 Å². The van der Waals surface area contributed by atoms with Crippen LogP contribution in [0.25, 0.3) is 0 Å². The van der Waals surface area contributed by atoms with E-state index in [1.807, 2.05) is 6.20 Å². The lowest BCUT2D eigenvalue weighted by molar-refractivity contribution is 0.199. The molecule has 1 fully saturated rings. The predicted octanol–water partition coefficient (Wildman–Crippen LogP) is 2.66. The number of rotatable bonds is 6. The monoisotopic (exact) mass is 267 g/mol. The Morgan fingerprint density at radius 1 is 1.39 bits per heavy atom. The van der Waals surface area contributed by atoms with Gasteiger partial charge in [-0.1, -0.05) is 13.3 Å². The van der Waals surface area contributed by atoms with Crippen LogP contribution in [0.2, 0.25) is 0 Å². The van der Waals surface area contributed by atoms with Gasteiger partial charge in [0, 0.05) is 24.2 Å². The maximum Gasteiger partial charge on any atom is 0.0897 e. The Labute approximate surface area is 115 Å². The number of aryl methyl sites for hydroxylation is 1. The van der Waals surface area contributed by atoms with Crippen LogP contribution in [0.5, 0.6) is 0 Å². The smallest absolute Gasteiger partial charge is 0.0897 e. The molecule has 1 aromatic rings. The van der Waals surface area contributed by atoms with Gasteiger partial charge in [-0.25, -0.2) is 4.98 Å². The number of hydrogen-bond donors (Lipinski definition) is 1. The van der Waals surface area contributed by atoms with Crippen LogP contribution in [-0.2, 0) is 6.54 Å². The van der Waals surface area contributed by atoms with Crippen LogP contribution in [0, 0.1) is 12.8 Å². The third kappa shape index (κ3) is 4.67. The van der Waals surface area contributed by atoms with Crippen molar-refractivity contribution in [2.45, 2.75) is 39.7 Å². The molecule has 2 rings (SSSR count). The summed E-state index contributed by atoms with van der Waals surface area (Å²) in [6.45, 7) is 10.3. The summed E-state index contributed by atoms with van der Waals surface area (Å²) in [5.41, 5.74) is 0. The molecular weight excluding hydrogens is 242 g/mol. The molecule has 102 valence electrons. The van der Waals surface area contributed by atoms with Crippen LogP contribution in [0.4, 0.5) is 0 Å². The summed E-state index contributed by atoms with van der Waals surface area (Å²) in [5.74, 6) is 0.733. The van der Waals surface area contributed by atoms with E-state index in [0.717, 1.165) is 24.0 Å². The lowest BCUT2D eigenvalue weighted by Crippen LogP contribution is -2.36. The highest BCUT2D eigenvalue weighted by molar-refractivity contribution is 7.11. The van der Waals surface area contributed by atoms with Gasteiger partial charge in [0.15, 0.2) is 0 Å². The van der Waals surface area contributed by atoms with E-state index in [0.29, 0.717) is 0 Å². The highest BCUT2D eigenvalue weighted by Gasteiger charge is 2.13. The number of aromatic nitrogens is 1. The third-order valence-corrected chi connectivity index (χ3v) is 4.39. The summed E-state index contributed by atoms with van der Waals surface area (Å²) >= 11 is 1.79. The predicted molar refractivity (Wildman–Crippen MR) is 78.0 cm³/mol. The first-order valence-corrected chi connectivity index (χ1v) is 7.90. The van der Waals surface area contributed by atoms with Crippen molar-refractivity contribution in [3.05, 3.63) is 16.1 Å². The first-order chi connectivity index (χ1) is 8.74. The molecule has 1 N–H and O–H groups in total. The topological polar surface area (TPSA) is 28.2 Å². The fourth-order valence-electron chi connectivity index (χ4n) is 2.58. The van der Waals surface area contributed by atoms with Gasteiger partial charge in [-0.15, -0.1) is 11.3 Å².